The van der Waals surface area contributed by atoms with Crippen molar-refractivity contribution in [3.63, 3.8) is 0 Å². The predicted octanol–water partition coefficient (Wildman–Crippen LogP) is 2.33. The minimum Gasteiger partial charge on any atom is -0.461 e. The molecule has 6 heteroatoms. The molecule has 0 unspecified atom stereocenters. The van der Waals surface area contributed by atoms with Crippen molar-refractivity contribution in [2.45, 2.75) is 39.0 Å². The lowest BCUT2D eigenvalue weighted by Crippen LogP contribution is -2.46. The number of esters is 1. The van der Waals surface area contributed by atoms with E-state index in [-0.39, 0.29) is 31.3 Å². The van der Waals surface area contributed by atoms with E-state index in [1.165, 1.54) is 6.92 Å². The van der Waals surface area contributed by atoms with Gasteiger partial charge in [0.2, 0.25) is 11.8 Å². The summed E-state index contributed by atoms with van der Waals surface area (Å²) in [5.74, 6) is -1.07. The molecule has 6 nitrogen and oxygen atoms in total. The zero-order valence-corrected chi connectivity index (χ0v) is 15.3. The molecule has 0 spiro atoms. The first-order valence-electron chi connectivity index (χ1n) is 8.83. The predicted molar refractivity (Wildman–Crippen MR) is 101 cm³/mol. The van der Waals surface area contributed by atoms with Crippen LogP contribution in [0.3, 0.4) is 0 Å². The number of ether oxygens (including phenoxy) is 1. The summed E-state index contributed by atoms with van der Waals surface area (Å²) in [6, 6.07) is 18.0. The molecule has 2 aromatic carbocycles. The van der Waals surface area contributed by atoms with Crippen molar-refractivity contribution in [2.24, 2.45) is 0 Å². The van der Waals surface area contributed by atoms with Crippen LogP contribution in [-0.2, 0) is 32.3 Å². The summed E-state index contributed by atoms with van der Waals surface area (Å²) >= 11 is 0. The zero-order valence-electron chi connectivity index (χ0n) is 15.3. The van der Waals surface area contributed by atoms with Crippen LogP contribution in [0.25, 0.3) is 0 Å². The molecule has 0 saturated carbocycles. The number of carbonyl (C=O) groups excluding carboxylic acids is 3. The van der Waals surface area contributed by atoms with Crippen LogP contribution in [0.4, 0.5) is 0 Å². The maximum atomic E-state index is 12.4. The van der Waals surface area contributed by atoms with E-state index in [4.69, 9.17) is 4.74 Å². The van der Waals surface area contributed by atoms with Gasteiger partial charge < -0.3 is 15.4 Å². The molecule has 0 aliphatic carbocycles. The van der Waals surface area contributed by atoms with Gasteiger partial charge in [-0.05, 0) is 17.5 Å². The lowest BCUT2D eigenvalue weighted by molar-refractivity contribution is -0.145. The molecule has 0 aromatic heterocycles. The van der Waals surface area contributed by atoms with Crippen LogP contribution >= 0.6 is 0 Å². The molecular formula is C21H24N2O4. The van der Waals surface area contributed by atoms with Gasteiger partial charge in [0.05, 0.1) is 0 Å². The fraction of sp³-hybridized carbons (Fsp3) is 0.286. The molecule has 2 amide bonds. The summed E-state index contributed by atoms with van der Waals surface area (Å²) < 4.78 is 5.21. The van der Waals surface area contributed by atoms with Crippen LogP contribution in [-0.4, -0.2) is 23.8 Å². The quantitative estimate of drug-likeness (QED) is 0.666. The molecule has 0 aliphatic heterocycles. The fourth-order valence-electron chi connectivity index (χ4n) is 2.49. The molecule has 2 rings (SSSR count). The Morgan fingerprint density at radius 1 is 0.926 bits per heavy atom. The Balaban J connectivity index is 1.81. The Bertz CT molecular complexity index is 747. The van der Waals surface area contributed by atoms with Gasteiger partial charge >= 0.3 is 5.97 Å². The Kier molecular flexibility index (Phi) is 8.03. The maximum Gasteiger partial charge on any atom is 0.306 e. The summed E-state index contributed by atoms with van der Waals surface area (Å²) in [6.07, 6.45) is 0.213. The number of hydrogen-bond acceptors (Lipinski definition) is 4. The third-order valence-electron chi connectivity index (χ3n) is 3.88. The minimum absolute atomic E-state index is 0.0382. The van der Waals surface area contributed by atoms with Crippen LogP contribution in [0.1, 0.15) is 30.9 Å². The van der Waals surface area contributed by atoms with E-state index < -0.39 is 12.0 Å². The first-order chi connectivity index (χ1) is 13.0. The molecule has 0 bridgehead atoms. The van der Waals surface area contributed by atoms with E-state index in [1.54, 1.807) is 0 Å². The first kappa shape index (κ1) is 20.2. The zero-order chi connectivity index (χ0) is 19.5. The van der Waals surface area contributed by atoms with Crippen molar-refractivity contribution < 1.29 is 19.1 Å². The number of amides is 2. The van der Waals surface area contributed by atoms with Gasteiger partial charge in [-0.2, -0.15) is 0 Å². The van der Waals surface area contributed by atoms with Gasteiger partial charge in [0, 0.05) is 19.9 Å². The Morgan fingerprint density at radius 3 is 2.11 bits per heavy atom. The normalized spacial score (nSPS) is 11.3. The third-order valence-corrected chi connectivity index (χ3v) is 3.88. The average Bonchev–Trinajstić information content (AvgIpc) is 2.69. The first-order valence-corrected chi connectivity index (χ1v) is 8.83. The van der Waals surface area contributed by atoms with Crippen LogP contribution in [0, 0.1) is 0 Å². The Labute approximate surface area is 158 Å². The summed E-state index contributed by atoms with van der Waals surface area (Å²) in [4.78, 5) is 35.7. The molecule has 0 fully saturated rings. The average molecular weight is 368 g/mol. The second kappa shape index (κ2) is 10.8. The monoisotopic (exact) mass is 368 g/mol. The molecule has 27 heavy (non-hydrogen) atoms. The third kappa shape index (κ3) is 7.73. The molecule has 0 saturated heterocycles. The molecule has 0 aliphatic rings. The topological polar surface area (TPSA) is 84.5 Å². The van der Waals surface area contributed by atoms with Crippen LogP contribution in [0.15, 0.2) is 60.7 Å². The lowest BCUT2D eigenvalue weighted by Gasteiger charge is -2.17. The maximum absolute atomic E-state index is 12.4. The Hall–Kier alpha value is -3.15. The fourth-order valence-corrected chi connectivity index (χ4v) is 2.49. The number of rotatable bonds is 9. The summed E-state index contributed by atoms with van der Waals surface area (Å²) in [5.41, 5.74) is 1.85. The van der Waals surface area contributed by atoms with Crippen LogP contribution < -0.4 is 10.6 Å². The largest absolute Gasteiger partial charge is 0.461 e. The minimum atomic E-state index is -0.782. The van der Waals surface area contributed by atoms with E-state index in [2.05, 4.69) is 10.6 Å². The van der Waals surface area contributed by atoms with Gasteiger partial charge in [-0.1, -0.05) is 60.7 Å². The van der Waals surface area contributed by atoms with E-state index in [0.29, 0.717) is 6.54 Å². The highest BCUT2D eigenvalue weighted by atomic mass is 16.5. The number of hydrogen-bond donors (Lipinski definition) is 2. The molecule has 142 valence electrons. The Morgan fingerprint density at radius 2 is 1.52 bits per heavy atom. The van der Waals surface area contributed by atoms with Gasteiger partial charge in [-0.3, -0.25) is 14.4 Å². The van der Waals surface area contributed by atoms with E-state index in [9.17, 15) is 14.4 Å². The number of nitrogens with one attached hydrogen (secondary N) is 2. The molecular weight excluding hydrogens is 344 g/mol. The summed E-state index contributed by atoms with van der Waals surface area (Å²) in [6.45, 7) is 1.88. The molecule has 0 heterocycles. The smallest absolute Gasteiger partial charge is 0.306 e. The van der Waals surface area contributed by atoms with Crippen LogP contribution in [0.2, 0.25) is 0 Å². The molecule has 2 aromatic rings. The summed E-state index contributed by atoms with van der Waals surface area (Å²) in [7, 11) is 0. The van der Waals surface area contributed by atoms with E-state index >= 15 is 0 Å². The lowest BCUT2D eigenvalue weighted by atomic mass is 10.1. The van der Waals surface area contributed by atoms with Crippen molar-refractivity contribution in [3.8, 4) is 0 Å². The highest BCUT2D eigenvalue weighted by molar-refractivity contribution is 5.87. The van der Waals surface area contributed by atoms with Crippen molar-refractivity contribution in [1.29, 1.82) is 0 Å². The van der Waals surface area contributed by atoms with Crippen molar-refractivity contribution in [2.75, 3.05) is 0 Å². The summed E-state index contributed by atoms with van der Waals surface area (Å²) in [5, 5.41) is 5.37. The van der Waals surface area contributed by atoms with Gasteiger partial charge in [0.1, 0.15) is 12.6 Å². The second-order valence-corrected chi connectivity index (χ2v) is 6.14. The number of carbonyl (C=O) groups is 3. The standard InChI is InChI=1S/C21H24N2O4/c1-16(24)23-19(21(26)22-14-17-8-4-2-5-9-17)12-13-20(25)27-15-18-10-6-3-7-11-18/h2-11,19H,12-15H2,1H3,(H,22,26)(H,23,24)/t19-/m0/s1. The molecule has 0 radical (unpaired) electrons. The van der Waals surface area contributed by atoms with Crippen LogP contribution in [0.5, 0.6) is 0 Å². The van der Waals surface area contributed by atoms with Crippen molar-refractivity contribution in [3.05, 3.63) is 71.8 Å². The highest BCUT2D eigenvalue weighted by Gasteiger charge is 2.20. The molecule has 2 N–H and O–H groups in total. The van der Waals surface area contributed by atoms with Gasteiger partial charge in [0.25, 0.3) is 0 Å². The SMILES string of the molecule is CC(=O)N[C@@H](CCC(=O)OCc1ccccc1)C(=O)NCc1ccccc1. The van der Waals surface area contributed by atoms with Gasteiger partial charge in [-0.25, -0.2) is 0 Å². The van der Waals surface area contributed by atoms with Gasteiger partial charge in [0.15, 0.2) is 0 Å². The van der Waals surface area contributed by atoms with Crippen molar-refractivity contribution in [1.82, 2.24) is 10.6 Å². The highest BCUT2D eigenvalue weighted by Crippen LogP contribution is 2.05. The number of benzene rings is 2. The van der Waals surface area contributed by atoms with E-state index in [0.717, 1.165) is 11.1 Å². The van der Waals surface area contributed by atoms with Gasteiger partial charge in [-0.15, -0.1) is 0 Å². The molecule has 1 atom stereocenters. The second-order valence-electron chi connectivity index (χ2n) is 6.14. The van der Waals surface area contributed by atoms with E-state index in [1.807, 2.05) is 60.7 Å². The van der Waals surface area contributed by atoms with Crippen molar-refractivity contribution >= 4 is 17.8 Å².